The van der Waals surface area contributed by atoms with E-state index in [4.69, 9.17) is 27.9 Å². The van der Waals surface area contributed by atoms with Gasteiger partial charge in [0, 0.05) is 35.2 Å². The van der Waals surface area contributed by atoms with Gasteiger partial charge in [-0.25, -0.2) is 12.7 Å². The van der Waals surface area contributed by atoms with Crippen LogP contribution >= 0.6 is 23.2 Å². The second-order valence-corrected chi connectivity index (χ2v) is 10.3. The molecule has 168 valence electrons. The summed E-state index contributed by atoms with van der Waals surface area (Å²) < 4.78 is 32.9. The third-order valence-electron chi connectivity index (χ3n) is 5.23. The summed E-state index contributed by atoms with van der Waals surface area (Å²) in [7, 11) is -3.61. The molecule has 1 aliphatic heterocycles. The van der Waals surface area contributed by atoms with E-state index in [9.17, 15) is 13.2 Å². The zero-order valence-electron chi connectivity index (χ0n) is 17.3. The Hall–Kier alpha value is -1.80. The van der Waals surface area contributed by atoms with Crippen LogP contribution in [0.5, 0.6) is 5.75 Å². The Labute approximate surface area is 193 Å². The van der Waals surface area contributed by atoms with Crippen LogP contribution in [0.3, 0.4) is 0 Å². The standard InChI is InChI=1S/C22H26Cl2N2O4S/c1-2-30-21-8-4-3-6-16(21)13-25-22(27)17-7-5-11-26(14-17)31(28,29)15-18-9-10-19(23)12-20(18)24/h3-4,6,8-10,12,17H,2,5,7,11,13-15H2,1H3,(H,25,27)/t17-/m0/s1. The number of rotatable bonds is 8. The van der Waals surface area contributed by atoms with Crippen molar-refractivity contribution in [1.82, 2.24) is 9.62 Å². The molecule has 0 aliphatic carbocycles. The third-order valence-corrected chi connectivity index (χ3v) is 7.61. The smallest absolute Gasteiger partial charge is 0.224 e. The number of carbonyl (C=O) groups excluding carboxylic acids is 1. The van der Waals surface area contributed by atoms with Crippen molar-refractivity contribution >= 4 is 39.1 Å². The van der Waals surface area contributed by atoms with Gasteiger partial charge in [0.2, 0.25) is 15.9 Å². The summed E-state index contributed by atoms with van der Waals surface area (Å²) in [6, 6.07) is 12.3. The van der Waals surface area contributed by atoms with Gasteiger partial charge in [0.1, 0.15) is 5.75 Å². The first kappa shape index (κ1) is 23.9. The highest BCUT2D eigenvalue weighted by Gasteiger charge is 2.32. The minimum Gasteiger partial charge on any atom is -0.494 e. The minimum atomic E-state index is -3.61. The van der Waals surface area contributed by atoms with Gasteiger partial charge >= 0.3 is 0 Å². The monoisotopic (exact) mass is 484 g/mol. The molecule has 31 heavy (non-hydrogen) atoms. The number of hydrogen-bond acceptors (Lipinski definition) is 4. The maximum atomic E-state index is 12.9. The Morgan fingerprint density at radius 1 is 1.19 bits per heavy atom. The van der Waals surface area contributed by atoms with Gasteiger partial charge in [0.25, 0.3) is 0 Å². The number of nitrogens with zero attached hydrogens (tertiary/aromatic N) is 1. The maximum absolute atomic E-state index is 12.9. The SMILES string of the molecule is CCOc1ccccc1CNC(=O)[C@H]1CCCN(S(=O)(=O)Cc2ccc(Cl)cc2Cl)C1. The van der Waals surface area contributed by atoms with E-state index in [0.29, 0.717) is 48.1 Å². The molecule has 1 aliphatic rings. The van der Waals surface area contributed by atoms with Crippen LogP contribution in [-0.4, -0.2) is 38.3 Å². The van der Waals surface area contributed by atoms with Crippen molar-refractivity contribution in [3.05, 3.63) is 63.6 Å². The van der Waals surface area contributed by atoms with Crippen molar-refractivity contribution in [3.8, 4) is 5.75 Å². The van der Waals surface area contributed by atoms with E-state index < -0.39 is 15.9 Å². The lowest BCUT2D eigenvalue weighted by atomic mass is 9.98. The average Bonchev–Trinajstić information content (AvgIpc) is 2.75. The number of nitrogens with one attached hydrogen (secondary N) is 1. The van der Waals surface area contributed by atoms with Gasteiger partial charge in [0.05, 0.1) is 18.3 Å². The van der Waals surface area contributed by atoms with E-state index in [2.05, 4.69) is 5.32 Å². The maximum Gasteiger partial charge on any atom is 0.224 e. The van der Waals surface area contributed by atoms with E-state index in [-0.39, 0.29) is 18.2 Å². The molecule has 1 atom stereocenters. The van der Waals surface area contributed by atoms with Crippen LogP contribution in [0.4, 0.5) is 0 Å². The molecule has 1 saturated heterocycles. The molecular formula is C22H26Cl2N2O4S. The van der Waals surface area contributed by atoms with E-state index >= 15 is 0 Å². The third kappa shape index (κ3) is 6.35. The molecule has 2 aromatic rings. The second kappa shape index (κ2) is 10.7. The summed E-state index contributed by atoms with van der Waals surface area (Å²) in [5.41, 5.74) is 1.38. The van der Waals surface area contributed by atoms with Crippen LogP contribution in [0.25, 0.3) is 0 Å². The molecule has 0 saturated carbocycles. The highest BCUT2D eigenvalue weighted by molar-refractivity contribution is 7.88. The van der Waals surface area contributed by atoms with E-state index in [0.717, 1.165) is 11.3 Å². The lowest BCUT2D eigenvalue weighted by Crippen LogP contribution is -2.45. The summed E-state index contributed by atoms with van der Waals surface area (Å²) in [4.78, 5) is 12.8. The molecule has 9 heteroatoms. The second-order valence-electron chi connectivity index (χ2n) is 7.45. The zero-order chi connectivity index (χ0) is 22.4. The van der Waals surface area contributed by atoms with Gasteiger partial charge in [-0.3, -0.25) is 4.79 Å². The Morgan fingerprint density at radius 2 is 1.97 bits per heavy atom. The number of hydrogen-bond donors (Lipinski definition) is 1. The molecule has 0 radical (unpaired) electrons. The topological polar surface area (TPSA) is 75.7 Å². The molecule has 0 unspecified atom stereocenters. The lowest BCUT2D eigenvalue weighted by molar-refractivity contribution is -0.126. The van der Waals surface area contributed by atoms with Crippen LogP contribution in [0.15, 0.2) is 42.5 Å². The highest BCUT2D eigenvalue weighted by Crippen LogP contribution is 2.26. The number of carbonyl (C=O) groups is 1. The van der Waals surface area contributed by atoms with Crippen molar-refractivity contribution in [3.63, 3.8) is 0 Å². The fourth-order valence-corrected chi connectivity index (χ4v) is 5.80. The fraction of sp³-hybridized carbons (Fsp3) is 0.409. The summed E-state index contributed by atoms with van der Waals surface area (Å²) in [5.74, 6) is -0.0452. The molecule has 1 N–H and O–H groups in total. The Bertz CT molecular complexity index is 1030. The Kier molecular flexibility index (Phi) is 8.22. The first-order valence-electron chi connectivity index (χ1n) is 10.2. The summed E-state index contributed by atoms with van der Waals surface area (Å²) in [6.07, 6.45) is 1.27. The van der Waals surface area contributed by atoms with E-state index in [1.807, 2.05) is 31.2 Å². The summed E-state index contributed by atoms with van der Waals surface area (Å²) >= 11 is 12.0. The molecule has 1 heterocycles. The van der Waals surface area contributed by atoms with Crippen LogP contribution in [0, 0.1) is 5.92 Å². The molecule has 0 bridgehead atoms. The molecule has 2 aromatic carbocycles. The minimum absolute atomic E-state index is 0.157. The fourth-order valence-electron chi connectivity index (χ4n) is 3.61. The van der Waals surface area contributed by atoms with Crippen LogP contribution in [-0.2, 0) is 27.1 Å². The van der Waals surface area contributed by atoms with E-state index in [1.165, 1.54) is 10.4 Å². The quantitative estimate of drug-likeness (QED) is 0.607. The van der Waals surface area contributed by atoms with Crippen molar-refractivity contribution in [2.24, 2.45) is 5.92 Å². The first-order valence-corrected chi connectivity index (χ1v) is 12.6. The normalized spacial score (nSPS) is 17.3. The zero-order valence-corrected chi connectivity index (χ0v) is 19.6. The van der Waals surface area contributed by atoms with Crippen molar-refractivity contribution in [1.29, 1.82) is 0 Å². The molecular weight excluding hydrogens is 459 g/mol. The number of ether oxygens (including phenoxy) is 1. The van der Waals surface area contributed by atoms with Crippen molar-refractivity contribution in [2.75, 3.05) is 19.7 Å². The lowest BCUT2D eigenvalue weighted by Gasteiger charge is -2.31. The first-order chi connectivity index (χ1) is 14.8. The van der Waals surface area contributed by atoms with Crippen LogP contribution in [0.2, 0.25) is 10.0 Å². The Balaban J connectivity index is 1.62. The van der Waals surface area contributed by atoms with Crippen LogP contribution < -0.4 is 10.1 Å². The molecule has 3 rings (SSSR count). The molecule has 0 aromatic heterocycles. The summed E-state index contributed by atoms with van der Waals surface area (Å²) in [6.45, 7) is 3.33. The molecule has 1 fully saturated rings. The Morgan fingerprint density at radius 3 is 2.71 bits per heavy atom. The predicted molar refractivity (Wildman–Crippen MR) is 123 cm³/mol. The van der Waals surface area contributed by atoms with Gasteiger partial charge in [-0.05, 0) is 43.5 Å². The van der Waals surface area contributed by atoms with Gasteiger partial charge in [-0.15, -0.1) is 0 Å². The van der Waals surface area contributed by atoms with Crippen molar-refractivity contribution < 1.29 is 17.9 Å². The number of para-hydroxylation sites is 1. The molecule has 1 amide bonds. The molecule has 0 spiro atoms. The number of benzene rings is 2. The average molecular weight is 485 g/mol. The predicted octanol–water partition coefficient (Wildman–Crippen LogP) is 4.25. The van der Waals surface area contributed by atoms with Gasteiger partial charge in [-0.2, -0.15) is 0 Å². The number of halogens is 2. The summed E-state index contributed by atoms with van der Waals surface area (Å²) in [5, 5.41) is 3.69. The van der Waals surface area contributed by atoms with Gasteiger partial charge in [0.15, 0.2) is 0 Å². The highest BCUT2D eigenvalue weighted by atomic mass is 35.5. The number of sulfonamides is 1. The van der Waals surface area contributed by atoms with Crippen molar-refractivity contribution in [2.45, 2.75) is 32.1 Å². The van der Waals surface area contributed by atoms with Gasteiger partial charge in [-0.1, -0.05) is 47.5 Å². The van der Waals surface area contributed by atoms with Gasteiger partial charge < -0.3 is 10.1 Å². The largest absolute Gasteiger partial charge is 0.494 e. The number of amides is 1. The van der Waals surface area contributed by atoms with E-state index in [1.54, 1.807) is 12.1 Å². The van der Waals surface area contributed by atoms with Crippen LogP contribution in [0.1, 0.15) is 30.9 Å². The molecule has 6 nitrogen and oxygen atoms in total. The number of piperidine rings is 1.